The van der Waals surface area contributed by atoms with Crippen molar-refractivity contribution in [2.45, 2.75) is 56.1 Å². The van der Waals surface area contributed by atoms with E-state index in [-0.39, 0.29) is 0 Å². The number of unbranched alkanes of at least 4 members (excludes halogenated alkanes) is 2. The molecule has 0 radical (unpaired) electrons. The van der Waals surface area contributed by atoms with E-state index in [1.54, 1.807) is 0 Å². The summed E-state index contributed by atoms with van der Waals surface area (Å²) >= 11 is 0. The summed E-state index contributed by atoms with van der Waals surface area (Å²) in [5.74, 6) is 0. The third kappa shape index (κ3) is 4.61. The Kier molecular flexibility index (Phi) is 7.85. The van der Waals surface area contributed by atoms with Crippen LogP contribution in [0.4, 0.5) is 0 Å². The average molecular weight is 295 g/mol. The fourth-order valence-electron chi connectivity index (χ4n) is 2.06. The molecule has 8 nitrogen and oxygen atoms in total. The van der Waals surface area contributed by atoms with Gasteiger partial charge in [0.1, 0.15) is 30.5 Å². The molecule has 1 aliphatic heterocycles. The highest BCUT2D eigenvalue weighted by Crippen LogP contribution is 2.24. The summed E-state index contributed by atoms with van der Waals surface area (Å²) in [5.41, 5.74) is 5.36. The number of hydrogen-bond donors (Lipinski definition) is 6. The average Bonchev–Trinajstić information content (AvgIpc) is 2.46. The van der Waals surface area contributed by atoms with Gasteiger partial charge in [-0.3, -0.25) is 0 Å². The van der Waals surface area contributed by atoms with Crippen molar-refractivity contribution in [1.29, 1.82) is 0 Å². The summed E-state index contributed by atoms with van der Waals surface area (Å²) < 4.78 is 10.5. The molecule has 6 atom stereocenters. The monoisotopic (exact) mass is 295 g/mol. The lowest BCUT2D eigenvalue weighted by atomic mass is 9.95. The topological polar surface area (TPSA) is 146 Å². The van der Waals surface area contributed by atoms with Crippen molar-refractivity contribution in [1.82, 2.24) is 0 Å². The zero-order valence-electron chi connectivity index (χ0n) is 11.3. The van der Waals surface area contributed by atoms with Crippen LogP contribution < -0.4 is 5.73 Å². The Balaban J connectivity index is 2.48. The SMILES string of the molecule is NCCCCCO[C@H]1O[C@H]([C@@H](O)CO)[C@@H](O)[C@H](O)[C@@H]1O. The fraction of sp³-hybridized carbons (Fsp3) is 1.00. The Bertz CT molecular complexity index is 268. The minimum atomic E-state index is -1.51. The zero-order chi connectivity index (χ0) is 15.1. The quantitative estimate of drug-likeness (QED) is 0.265. The molecule has 0 aromatic carbocycles. The summed E-state index contributed by atoms with van der Waals surface area (Å²) in [4.78, 5) is 0. The van der Waals surface area contributed by atoms with Crippen molar-refractivity contribution in [3.05, 3.63) is 0 Å². The Morgan fingerprint density at radius 2 is 1.75 bits per heavy atom. The molecule has 1 saturated heterocycles. The largest absolute Gasteiger partial charge is 0.394 e. The van der Waals surface area contributed by atoms with Crippen LogP contribution in [0.1, 0.15) is 19.3 Å². The van der Waals surface area contributed by atoms with Crippen molar-refractivity contribution in [3.8, 4) is 0 Å². The molecular formula is C12H25NO7. The second-order valence-corrected chi connectivity index (χ2v) is 4.91. The molecule has 0 unspecified atom stereocenters. The van der Waals surface area contributed by atoms with Gasteiger partial charge < -0.3 is 40.7 Å². The summed E-state index contributed by atoms with van der Waals surface area (Å²) in [6.07, 6.45) is -5.71. The van der Waals surface area contributed by atoms with Crippen LogP contribution in [-0.4, -0.2) is 82.1 Å². The van der Waals surface area contributed by atoms with Crippen molar-refractivity contribution >= 4 is 0 Å². The molecule has 120 valence electrons. The number of aliphatic hydroxyl groups is 5. The predicted octanol–water partition coefficient (Wildman–Crippen LogP) is -2.71. The highest BCUT2D eigenvalue weighted by atomic mass is 16.7. The number of nitrogens with two attached hydrogens (primary N) is 1. The molecule has 0 bridgehead atoms. The highest BCUT2D eigenvalue weighted by molar-refractivity contribution is 4.92. The lowest BCUT2D eigenvalue weighted by Crippen LogP contribution is -2.61. The molecule has 20 heavy (non-hydrogen) atoms. The van der Waals surface area contributed by atoms with Crippen LogP contribution in [-0.2, 0) is 9.47 Å². The van der Waals surface area contributed by atoms with E-state index in [4.69, 9.17) is 20.3 Å². The normalized spacial score (nSPS) is 36.0. The molecule has 1 heterocycles. The van der Waals surface area contributed by atoms with E-state index >= 15 is 0 Å². The number of hydrogen-bond acceptors (Lipinski definition) is 8. The molecule has 1 fully saturated rings. The van der Waals surface area contributed by atoms with Crippen LogP contribution in [0, 0.1) is 0 Å². The van der Waals surface area contributed by atoms with Crippen molar-refractivity contribution in [2.75, 3.05) is 19.8 Å². The van der Waals surface area contributed by atoms with E-state index < -0.39 is 43.4 Å². The van der Waals surface area contributed by atoms with Gasteiger partial charge in [-0.2, -0.15) is 0 Å². The van der Waals surface area contributed by atoms with E-state index in [1.165, 1.54) is 0 Å². The van der Waals surface area contributed by atoms with E-state index in [9.17, 15) is 20.4 Å². The third-order valence-corrected chi connectivity index (χ3v) is 3.30. The Hall–Kier alpha value is -0.320. The van der Waals surface area contributed by atoms with Crippen molar-refractivity contribution in [3.63, 3.8) is 0 Å². The molecule has 1 rings (SSSR count). The first kappa shape index (κ1) is 17.7. The molecule has 8 heteroatoms. The van der Waals surface area contributed by atoms with Crippen LogP contribution >= 0.6 is 0 Å². The number of ether oxygens (including phenoxy) is 2. The van der Waals surface area contributed by atoms with Gasteiger partial charge in [0.15, 0.2) is 6.29 Å². The van der Waals surface area contributed by atoms with Crippen molar-refractivity contribution in [2.24, 2.45) is 5.73 Å². The summed E-state index contributed by atoms with van der Waals surface area (Å²) in [6.45, 7) is 0.262. The maximum Gasteiger partial charge on any atom is 0.186 e. The van der Waals surface area contributed by atoms with Gasteiger partial charge in [0, 0.05) is 6.61 Å². The minimum absolute atomic E-state index is 0.298. The van der Waals surface area contributed by atoms with E-state index in [0.29, 0.717) is 13.2 Å². The van der Waals surface area contributed by atoms with E-state index in [1.807, 2.05) is 0 Å². The Labute approximate surface area is 117 Å². The second-order valence-electron chi connectivity index (χ2n) is 4.91. The van der Waals surface area contributed by atoms with Crippen LogP contribution in [0.3, 0.4) is 0 Å². The van der Waals surface area contributed by atoms with Crippen LogP contribution in [0.25, 0.3) is 0 Å². The molecular weight excluding hydrogens is 270 g/mol. The molecule has 0 aromatic rings. The lowest BCUT2D eigenvalue weighted by Gasteiger charge is -2.41. The highest BCUT2D eigenvalue weighted by Gasteiger charge is 2.46. The fourth-order valence-corrected chi connectivity index (χ4v) is 2.06. The maximum absolute atomic E-state index is 9.76. The lowest BCUT2D eigenvalue weighted by molar-refractivity contribution is -0.311. The molecule has 0 saturated carbocycles. The van der Waals surface area contributed by atoms with Gasteiger partial charge >= 0.3 is 0 Å². The second kappa shape index (κ2) is 8.85. The minimum Gasteiger partial charge on any atom is -0.394 e. The first-order valence-electron chi connectivity index (χ1n) is 6.83. The zero-order valence-corrected chi connectivity index (χ0v) is 11.3. The van der Waals surface area contributed by atoms with Gasteiger partial charge in [-0.05, 0) is 25.8 Å². The first-order chi connectivity index (χ1) is 9.52. The van der Waals surface area contributed by atoms with E-state index in [2.05, 4.69) is 0 Å². The maximum atomic E-state index is 9.76. The molecule has 0 spiro atoms. The smallest absolute Gasteiger partial charge is 0.186 e. The van der Waals surface area contributed by atoms with Gasteiger partial charge in [0.25, 0.3) is 0 Å². The number of aliphatic hydroxyl groups excluding tert-OH is 5. The Morgan fingerprint density at radius 3 is 2.35 bits per heavy atom. The molecule has 7 N–H and O–H groups in total. The standard InChI is InChI=1S/C12H25NO7/c13-4-2-1-3-5-19-12-10(18)8(16)9(17)11(20-12)7(15)6-14/h7-12,14-18H,1-6,13H2/t7-,8-,9-,10-,11+,12-/m0/s1. The summed E-state index contributed by atoms with van der Waals surface area (Å²) in [7, 11) is 0. The van der Waals surface area contributed by atoms with E-state index in [0.717, 1.165) is 19.3 Å². The number of rotatable bonds is 8. The van der Waals surface area contributed by atoms with Crippen LogP contribution in [0.5, 0.6) is 0 Å². The molecule has 0 amide bonds. The van der Waals surface area contributed by atoms with Crippen LogP contribution in [0.15, 0.2) is 0 Å². The van der Waals surface area contributed by atoms with Gasteiger partial charge in [-0.15, -0.1) is 0 Å². The summed E-state index contributed by atoms with van der Waals surface area (Å²) in [6, 6.07) is 0. The summed E-state index contributed by atoms with van der Waals surface area (Å²) in [5, 5.41) is 47.6. The van der Waals surface area contributed by atoms with Crippen LogP contribution in [0.2, 0.25) is 0 Å². The molecule has 1 aliphatic rings. The Morgan fingerprint density at radius 1 is 1.05 bits per heavy atom. The molecule has 0 aromatic heterocycles. The van der Waals surface area contributed by atoms with Gasteiger partial charge in [-0.25, -0.2) is 0 Å². The predicted molar refractivity (Wildman–Crippen MR) is 68.6 cm³/mol. The molecule has 0 aliphatic carbocycles. The van der Waals surface area contributed by atoms with Gasteiger partial charge in [-0.1, -0.05) is 0 Å². The third-order valence-electron chi connectivity index (χ3n) is 3.30. The van der Waals surface area contributed by atoms with Crippen molar-refractivity contribution < 1.29 is 35.0 Å². The first-order valence-corrected chi connectivity index (χ1v) is 6.83. The van der Waals surface area contributed by atoms with Gasteiger partial charge in [0.05, 0.1) is 6.61 Å². The van der Waals surface area contributed by atoms with Gasteiger partial charge in [0.2, 0.25) is 0 Å².